The highest BCUT2D eigenvalue weighted by Gasteiger charge is 2.34. The molecule has 3 N–H and O–H groups in total. The summed E-state index contributed by atoms with van der Waals surface area (Å²) in [6.45, 7) is 0. The largest absolute Gasteiger partial charge is 0.417 e. The number of anilines is 1. The van der Waals surface area contributed by atoms with Gasteiger partial charge in [0.05, 0.1) is 11.7 Å². The van der Waals surface area contributed by atoms with Crippen LogP contribution in [0.25, 0.3) is 0 Å². The third-order valence-electron chi connectivity index (χ3n) is 3.68. The molecule has 1 aromatic carbocycles. The molecule has 0 spiro atoms. The maximum Gasteiger partial charge on any atom is 0.417 e. The molecule has 0 bridgehead atoms. The Hall–Kier alpha value is -1.34. The second-order valence-corrected chi connectivity index (χ2v) is 5.57. The number of ether oxygens (including phenoxy) is 1. The van der Waals surface area contributed by atoms with Crippen molar-refractivity contribution in [2.75, 3.05) is 12.4 Å². The van der Waals surface area contributed by atoms with E-state index in [-0.39, 0.29) is 22.7 Å². The van der Waals surface area contributed by atoms with Gasteiger partial charge in [-0.1, -0.05) is 12.2 Å². The topological polar surface area (TPSA) is 47.3 Å². The number of nitrogens with one attached hydrogen (secondary N) is 1. The third-order valence-corrected chi connectivity index (χ3v) is 3.90. The van der Waals surface area contributed by atoms with Crippen LogP contribution in [0.3, 0.4) is 0 Å². The van der Waals surface area contributed by atoms with Crippen LogP contribution in [0.15, 0.2) is 18.2 Å². The van der Waals surface area contributed by atoms with E-state index >= 15 is 0 Å². The molecule has 2 unspecified atom stereocenters. The highest BCUT2D eigenvalue weighted by atomic mass is 32.1. The third kappa shape index (κ3) is 3.85. The van der Waals surface area contributed by atoms with E-state index in [9.17, 15) is 13.2 Å². The first-order chi connectivity index (χ1) is 9.81. The second kappa shape index (κ2) is 6.19. The first-order valence-corrected chi connectivity index (χ1v) is 7.02. The maximum atomic E-state index is 12.9. The minimum Gasteiger partial charge on any atom is -0.389 e. The first kappa shape index (κ1) is 16.0. The molecule has 0 radical (unpaired) electrons. The van der Waals surface area contributed by atoms with Crippen LogP contribution in [0.4, 0.5) is 18.9 Å². The van der Waals surface area contributed by atoms with Gasteiger partial charge in [0, 0.05) is 24.4 Å². The standard InChI is InChI=1S/C14H17F3N2OS/c1-20-10-4-2-8(6-10)19-9-3-5-12(14(15,16)17)11(7-9)13(18)21/h3,5,7-8,10,19H,2,4,6H2,1H3,(H2,18,21). The number of thiocarbonyl (C=S) groups is 1. The van der Waals surface area contributed by atoms with Crippen molar-refractivity contribution in [3.05, 3.63) is 29.3 Å². The predicted octanol–water partition coefficient (Wildman–Crippen LogP) is 3.32. The van der Waals surface area contributed by atoms with E-state index in [4.69, 9.17) is 22.7 Å². The number of methoxy groups -OCH3 is 1. The molecular formula is C14H17F3N2OS. The lowest BCUT2D eigenvalue weighted by molar-refractivity contribution is -0.137. The van der Waals surface area contributed by atoms with Crippen LogP contribution in [0, 0.1) is 0 Å². The van der Waals surface area contributed by atoms with Gasteiger partial charge in [0.2, 0.25) is 0 Å². The molecule has 0 saturated heterocycles. The Morgan fingerprint density at radius 3 is 2.62 bits per heavy atom. The minimum atomic E-state index is -4.47. The van der Waals surface area contributed by atoms with Crippen LogP contribution in [0.5, 0.6) is 0 Å². The zero-order chi connectivity index (χ0) is 15.6. The van der Waals surface area contributed by atoms with E-state index in [0.29, 0.717) is 5.69 Å². The average Bonchev–Trinajstić information content (AvgIpc) is 2.85. The zero-order valence-corrected chi connectivity index (χ0v) is 12.4. The van der Waals surface area contributed by atoms with Crippen molar-refractivity contribution in [3.63, 3.8) is 0 Å². The molecule has 21 heavy (non-hydrogen) atoms. The van der Waals surface area contributed by atoms with Crippen LogP contribution < -0.4 is 11.1 Å². The summed E-state index contributed by atoms with van der Waals surface area (Å²) in [4.78, 5) is -0.257. The van der Waals surface area contributed by atoms with E-state index < -0.39 is 11.7 Å². The average molecular weight is 318 g/mol. The number of hydrogen-bond acceptors (Lipinski definition) is 3. The lowest BCUT2D eigenvalue weighted by atomic mass is 10.1. The molecule has 2 rings (SSSR count). The number of hydrogen-bond donors (Lipinski definition) is 2. The molecule has 116 valence electrons. The van der Waals surface area contributed by atoms with E-state index in [2.05, 4.69) is 5.32 Å². The molecule has 0 amide bonds. The summed E-state index contributed by atoms with van der Waals surface area (Å²) in [7, 11) is 1.66. The summed E-state index contributed by atoms with van der Waals surface area (Å²) in [6.07, 6.45) is -1.57. The molecule has 1 aliphatic carbocycles. The van der Waals surface area contributed by atoms with Gasteiger partial charge in [-0.3, -0.25) is 0 Å². The molecule has 1 fully saturated rings. The fourth-order valence-electron chi connectivity index (χ4n) is 2.61. The Labute approximate surface area is 126 Å². The smallest absolute Gasteiger partial charge is 0.389 e. The van der Waals surface area contributed by atoms with E-state index in [1.807, 2.05) is 0 Å². The quantitative estimate of drug-likeness (QED) is 0.836. The Balaban J connectivity index is 2.19. The van der Waals surface area contributed by atoms with Gasteiger partial charge in [0.1, 0.15) is 4.99 Å². The summed E-state index contributed by atoms with van der Waals surface area (Å²) in [5.74, 6) is 0. The van der Waals surface area contributed by atoms with Gasteiger partial charge in [-0.15, -0.1) is 0 Å². The summed E-state index contributed by atoms with van der Waals surface area (Å²) in [5.41, 5.74) is 5.05. The molecule has 7 heteroatoms. The van der Waals surface area contributed by atoms with Crippen LogP contribution in [-0.2, 0) is 10.9 Å². The molecule has 1 aromatic rings. The van der Waals surface area contributed by atoms with Gasteiger partial charge in [0.15, 0.2) is 0 Å². The van der Waals surface area contributed by atoms with Crippen molar-refractivity contribution in [1.82, 2.24) is 0 Å². The zero-order valence-electron chi connectivity index (χ0n) is 11.5. The normalized spacial score (nSPS) is 22.3. The van der Waals surface area contributed by atoms with Gasteiger partial charge in [0.25, 0.3) is 0 Å². The lowest BCUT2D eigenvalue weighted by Crippen LogP contribution is -2.20. The Bertz CT molecular complexity index is 533. The van der Waals surface area contributed by atoms with Crippen LogP contribution in [0.1, 0.15) is 30.4 Å². The summed E-state index contributed by atoms with van der Waals surface area (Å²) in [6, 6.07) is 3.97. The van der Waals surface area contributed by atoms with Crippen molar-refractivity contribution in [2.24, 2.45) is 5.73 Å². The minimum absolute atomic E-state index is 0.149. The van der Waals surface area contributed by atoms with Crippen molar-refractivity contribution in [3.8, 4) is 0 Å². The summed E-state index contributed by atoms with van der Waals surface area (Å²) < 4.78 is 43.9. The number of benzene rings is 1. The van der Waals surface area contributed by atoms with Crippen LogP contribution in [-0.4, -0.2) is 24.2 Å². The molecule has 0 aromatic heterocycles. The number of rotatable bonds is 4. The van der Waals surface area contributed by atoms with Crippen molar-refractivity contribution < 1.29 is 17.9 Å². The highest BCUT2D eigenvalue weighted by molar-refractivity contribution is 7.80. The number of alkyl halides is 3. The van der Waals surface area contributed by atoms with E-state index in [1.54, 1.807) is 7.11 Å². The van der Waals surface area contributed by atoms with Crippen molar-refractivity contribution in [1.29, 1.82) is 0 Å². The van der Waals surface area contributed by atoms with Gasteiger partial charge < -0.3 is 15.8 Å². The molecular weight excluding hydrogens is 301 g/mol. The Kier molecular flexibility index (Phi) is 4.73. The molecule has 0 aliphatic heterocycles. The molecule has 0 heterocycles. The van der Waals surface area contributed by atoms with Gasteiger partial charge in [-0.05, 0) is 37.5 Å². The molecule has 2 atom stereocenters. The molecule has 3 nitrogen and oxygen atoms in total. The number of halogens is 3. The number of nitrogens with two attached hydrogens (primary N) is 1. The monoisotopic (exact) mass is 318 g/mol. The van der Waals surface area contributed by atoms with E-state index in [0.717, 1.165) is 25.3 Å². The maximum absolute atomic E-state index is 12.9. The van der Waals surface area contributed by atoms with Crippen LogP contribution >= 0.6 is 12.2 Å². The van der Waals surface area contributed by atoms with Gasteiger partial charge in [-0.25, -0.2) is 0 Å². The van der Waals surface area contributed by atoms with Crippen LogP contribution in [0.2, 0.25) is 0 Å². The van der Waals surface area contributed by atoms with Crippen molar-refractivity contribution in [2.45, 2.75) is 37.6 Å². The second-order valence-electron chi connectivity index (χ2n) is 5.13. The molecule has 1 saturated carbocycles. The summed E-state index contributed by atoms with van der Waals surface area (Å²) in [5, 5.41) is 3.22. The van der Waals surface area contributed by atoms with E-state index in [1.165, 1.54) is 12.1 Å². The Morgan fingerprint density at radius 2 is 2.10 bits per heavy atom. The fourth-order valence-corrected chi connectivity index (χ4v) is 2.77. The van der Waals surface area contributed by atoms with Gasteiger partial charge in [-0.2, -0.15) is 13.2 Å². The fraction of sp³-hybridized carbons (Fsp3) is 0.500. The summed E-state index contributed by atoms with van der Waals surface area (Å²) >= 11 is 4.73. The Morgan fingerprint density at radius 1 is 1.38 bits per heavy atom. The predicted molar refractivity (Wildman–Crippen MR) is 79.4 cm³/mol. The lowest BCUT2D eigenvalue weighted by Gasteiger charge is -2.17. The SMILES string of the molecule is COC1CCC(Nc2ccc(C(F)(F)F)c(C(N)=S)c2)C1. The highest BCUT2D eigenvalue weighted by Crippen LogP contribution is 2.34. The van der Waals surface area contributed by atoms with Gasteiger partial charge >= 0.3 is 6.18 Å². The first-order valence-electron chi connectivity index (χ1n) is 6.61. The van der Waals surface area contributed by atoms with Crippen molar-refractivity contribution >= 4 is 22.9 Å². The molecule has 1 aliphatic rings.